The van der Waals surface area contributed by atoms with E-state index in [0.29, 0.717) is 16.9 Å². The molecule has 0 unspecified atom stereocenters. The second-order valence-electron chi connectivity index (χ2n) is 6.16. The van der Waals surface area contributed by atoms with E-state index in [0.717, 1.165) is 4.90 Å². The quantitative estimate of drug-likeness (QED) is 0.564. The third-order valence-electron chi connectivity index (χ3n) is 4.23. The molecule has 2 atom stereocenters. The molecule has 0 spiro atoms. The number of thioether (sulfide) groups is 1. The van der Waals surface area contributed by atoms with Crippen molar-refractivity contribution in [3.05, 3.63) is 41.1 Å². The van der Waals surface area contributed by atoms with E-state index in [2.05, 4.69) is 4.72 Å². The minimum atomic E-state index is -4.02. The van der Waals surface area contributed by atoms with Crippen LogP contribution in [0.5, 0.6) is 0 Å². The fourth-order valence-electron chi connectivity index (χ4n) is 2.95. The van der Waals surface area contributed by atoms with Crippen LogP contribution in [0.25, 0.3) is 0 Å². The maximum Gasteiger partial charge on any atom is 0.352 e. The van der Waals surface area contributed by atoms with Gasteiger partial charge < -0.3 is 10.2 Å². The Morgan fingerprint density at radius 3 is 2.44 bits per heavy atom. The third kappa shape index (κ3) is 3.57. The fraction of sp³-hybridized carbons (Fsp3) is 0.312. The van der Waals surface area contributed by atoms with E-state index in [-0.39, 0.29) is 17.0 Å². The first kappa shape index (κ1) is 19.4. The van der Waals surface area contributed by atoms with Gasteiger partial charge in [-0.3, -0.25) is 14.5 Å². The van der Waals surface area contributed by atoms with Gasteiger partial charge in [-0.05, 0) is 30.2 Å². The molecule has 11 heteroatoms. The molecular weight excluding hydrogens is 396 g/mol. The Morgan fingerprint density at radius 1 is 1.26 bits per heavy atom. The van der Waals surface area contributed by atoms with Gasteiger partial charge >= 0.3 is 11.9 Å². The molecule has 1 aromatic carbocycles. The normalized spacial score (nSPS) is 22.3. The number of sulfonamides is 1. The number of nitrogens with zero attached hydrogens (tertiary/aromatic N) is 1. The highest BCUT2D eigenvalue weighted by Gasteiger charge is 2.54. The average Bonchev–Trinajstić information content (AvgIpc) is 2.59. The molecular formula is C16H16N2O7S2. The zero-order valence-electron chi connectivity index (χ0n) is 14.1. The summed E-state index contributed by atoms with van der Waals surface area (Å²) in [6.45, 7) is 1.62. The zero-order valence-corrected chi connectivity index (χ0v) is 15.7. The molecule has 27 heavy (non-hydrogen) atoms. The van der Waals surface area contributed by atoms with Gasteiger partial charge in [0.05, 0.1) is 11.3 Å². The first-order chi connectivity index (χ1) is 12.6. The van der Waals surface area contributed by atoms with Crippen molar-refractivity contribution in [1.29, 1.82) is 0 Å². The molecule has 2 aliphatic heterocycles. The molecule has 0 aliphatic carbocycles. The highest BCUT2D eigenvalue weighted by Crippen LogP contribution is 2.40. The van der Waals surface area contributed by atoms with Crippen LogP contribution in [-0.2, 0) is 30.8 Å². The van der Waals surface area contributed by atoms with E-state index >= 15 is 0 Å². The Morgan fingerprint density at radius 2 is 1.89 bits per heavy atom. The van der Waals surface area contributed by atoms with Crippen molar-refractivity contribution in [2.75, 3.05) is 5.75 Å². The molecule has 2 heterocycles. The highest BCUT2D eigenvalue weighted by molar-refractivity contribution is 8.00. The van der Waals surface area contributed by atoms with Crippen molar-refractivity contribution in [3.63, 3.8) is 0 Å². The predicted octanol–water partition coefficient (Wildman–Crippen LogP) is 0.234. The molecule has 3 N–H and O–H groups in total. The lowest BCUT2D eigenvalue weighted by Crippen LogP contribution is -2.70. The SMILES string of the molecule is CC1=C(C(=O)O)N2C(=O)[C@@H](NS(=O)(=O)c3ccc(CC(=O)O)cc3)[C@H]2SC1. The molecule has 1 aromatic rings. The Kier molecular flexibility index (Phi) is 5.02. The minimum Gasteiger partial charge on any atom is -0.481 e. The lowest BCUT2D eigenvalue weighted by Gasteiger charge is -2.49. The second-order valence-corrected chi connectivity index (χ2v) is 8.98. The maximum atomic E-state index is 12.5. The summed E-state index contributed by atoms with van der Waals surface area (Å²) in [7, 11) is -4.02. The van der Waals surface area contributed by atoms with E-state index in [9.17, 15) is 27.9 Å². The summed E-state index contributed by atoms with van der Waals surface area (Å²) in [6.07, 6.45) is -0.230. The number of amides is 1. The zero-order chi connectivity index (χ0) is 19.9. The van der Waals surface area contributed by atoms with Crippen LogP contribution in [0.4, 0.5) is 0 Å². The number of carboxylic acids is 2. The van der Waals surface area contributed by atoms with E-state index in [1.54, 1.807) is 6.92 Å². The molecule has 0 bridgehead atoms. The van der Waals surface area contributed by atoms with Crippen LogP contribution in [0.2, 0.25) is 0 Å². The number of fused-ring (bicyclic) bond motifs is 1. The van der Waals surface area contributed by atoms with E-state index in [1.165, 1.54) is 36.0 Å². The summed E-state index contributed by atoms with van der Waals surface area (Å²) in [6, 6.07) is 4.26. The lowest BCUT2D eigenvalue weighted by atomic mass is 10.0. The predicted molar refractivity (Wildman–Crippen MR) is 95.3 cm³/mol. The molecule has 1 amide bonds. The topological polar surface area (TPSA) is 141 Å². The fourth-order valence-corrected chi connectivity index (χ4v) is 5.52. The Hall–Kier alpha value is -2.37. The molecule has 9 nitrogen and oxygen atoms in total. The molecule has 144 valence electrons. The molecule has 1 saturated heterocycles. The summed E-state index contributed by atoms with van der Waals surface area (Å²) in [5.74, 6) is -2.48. The summed E-state index contributed by atoms with van der Waals surface area (Å²) in [5.41, 5.74) is 0.895. The Balaban J connectivity index is 1.77. The van der Waals surface area contributed by atoms with Gasteiger partial charge in [-0.15, -0.1) is 11.8 Å². The number of β-lactam (4-membered cyclic amide) rings is 1. The first-order valence-electron chi connectivity index (χ1n) is 7.82. The third-order valence-corrected chi connectivity index (χ3v) is 7.11. The molecule has 1 fully saturated rings. The monoisotopic (exact) mass is 412 g/mol. The first-order valence-corrected chi connectivity index (χ1v) is 10.4. The van der Waals surface area contributed by atoms with E-state index in [1.807, 2.05) is 0 Å². The van der Waals surface area contributed by atoms with Gasteiger partial charge in [0.2, 0.25) is 15.9 Å². The van der Waals surface area contributed by atoms with Crippen molar-refractivity contribution >= 4 is 39.6 Å². The van der Waals surface area contributed by atoms with Gasteiger partial charge in [0.25, 0.3) is 0 Å². The number of carboxylic acid groups (broad SMARTS) is 2. The van der Waals surface area contributed by atoms with Crippen molar-refractivity contribution in [3.8, 4) is 0 Å². The van der Waals surface area contributed by atoms with Crippen molar-refractivity contribution in [1.82, 2.24) is 9.62 Å². The maximum absolute atomic E-state index is 12.5. The van der Waals surface area contributed by atoms with E-state index in [4.69, 9.17) is 5.11 Å². The Labute approximate surface area is 159 Å². The van der Waals surface area contributed by atoms with Gasteiger partial charge in [-0.1, -0.05) is 12.1 Å². The summed E-state index contributed by atoms with van der Waals surface area (Å²) < 4.78 is 27.4. The van der Waals surface area contributed by atoms with Crippen LogP contribution < -0.4 is 4.72 Å². The smallest absolute Gasteiger partial charge is 0.352 e. The largest absolute Gasteiger partial charge is 0.481 e. The number of rotatable bonds is 6. The minimum absolute atomic E-state index is 0.0998. The second kappa shape index (κ2) is 6.98. The van der Waals surface area contributed by atoms with Crippen molar-refractivity contribution in [2.45, 2.75) is 29.7 Å². The summed E-state index contributed by atoms with van der Waals surface area (Å²) in [4.78, 5) is 35.4. The van der Waals surface area contributed by atoms with Crippen molar-refractivity contribution < 1.29 is 33.0 Å². The number of aliphatic carboxylic acids is 2. The number of hydrogen-bond acceptors (Lipinski definition) is 6. The van der Waals surface area contributed by atoms with Crippen LogP contribution in [0, 0.1) is 0 Å². The average molecular weight is 412 g/mol. The summed E-state index contributed by atoms with van der Waals surface area (Å²) in [5, 5.41) is 17.4. The van der Waals surface area contributed by atoms with Crippen LogP contribution in [-0.4, -0.2) is 58.5 Å². The molecule has 0 aromatic heterocycles. The van der Waals surface area contributed by atoms with Gasteiger partial charge in [-0.25, -0.2) is 13.2 Å². The molecule has 0 radical (unpaired) electrons. The van der Waals surface area contributed by atoms with Crippen LogP contribution >= 0.6 is 11.8 Å². The highest BCUT2D eigenvalue weighted by atomic mass is 32.2. The number of benzene rings is 1. The number of hydrogen-bond donors (Lipinski definition) is 3. The molecule has 0 saturated carbocycles. The van der Waals surface area contributed by atoms with E-state index < -0.39 is 39.3 Å². The summed E-state index contributed by atoms with van der Waals surface area (Å²) >= 11 is 1.29. The van der Waals surface area contributed by atoms with Crippen LogP contribution in [0.1, 0.15) is 12.5 Å². The standard InChI is InChI=1S/C16H16N2O7S2/c1-8-7-26-15-12(14(21)18(15)13(8)16(22)23)17-27(24,25)10-4-2-9(3-5-10)6-11(19)20/h2-5,12,15,17H,6-7H2,1H3,(H,19,20)(H,22,23)/t12-,15-/m1/s1. The van der Waals surface area contributed by atoms with Crippen molar-refractivity contribution in [2.24, 2.45) is 0 Å². The van der Waals surface area contributed by atoms with Gasteiger partial charge in [0.15, 0.2) is 0 Å². The van der Waals surface area contributed by atoms with Gasteiger partial charge in [0.1, 0.15) is 17.1 Å². The number of carbonyl (C=O) groups excluding carboxylic acids is 1. The molecule has 3 rings (SSSR count). The molecule has 2 aliphatic rings. The van der Waals surface area contributed by atoms with Crippen LogP contribution in [0.15, 0.2) is 40.4 Å². The van der Waals surface area contributed by atoms with Gasteiger partial charge in [0, 0.05) is 5.75 Å². The lowest BCUT2D eigenvalue weighted by molar-refractivity contribution is -0.148. The Bertz CT molecular complexity index is 953. The number of nitrogens with one attached hydrogen (secondary N) is 1. The van der Waals surface area contributed by atoms with Gasteiger partial charge in [-0.2, -0.15) is 4.72 Å². The van der Waals surface area contributed by atoms with Crippen LogP contribution in [0.3, 0.4) is 0 Å². The number of carbonyl (C=O) groups is 3.